The molecule has 0 N–H and O–H groups in total. The Balaban J connectivity index is 1.96. The predicted octanol–water partition coefficient (Wildman–Crippen LogP) is 1.88. The van der Waals surface area contributed by atoms with Gasteiger partial charge in [-0.2, -0.15) is 5.10 Å². The Labute approximate surface area is 108 Å². The minimum atomic E-state index is 0.143. The van der Waals surface area contributed by atoms with Crippen molar-refractivity contribution < 1.29 is 4.79 Å². The molecule has 2 heterocycles. The van der Waals surface area contributed by atoms with E-state index in [2.05, 4.69) is 17.0 Å². The van der Waals surface area contributed by atoms with Crippen LogP contribution in [-0.2, 0) is 4.79 Å². The SMILES string of the molecule is CCC[C@@H](C)C(=O)N1CCC[C@@H](n2cncn2)C1. The highest BCUT2D eigenvalue weighted by atomic mass is 16.2. The maximum absolute atomic E-state index is 12.3. The predicted molar refractivity (Wildman–Crippen MR) is 68.9 cm³/mol. The van der Waals surface area contributed by atoms with Gasteiger partial charge in [0, 0.05) is 19.0 Å². The summed E-state index contributed by atoms with van der Waals surface area (Å²) in [6.45, 7) is 5.82. The highest BCUT2D eigenvalue weighted by molar-refractivity contribution is 5.78. The van der Waals surface area contributed by atoms with Gasteiger partial charge in [-0.3, -0.25) is 4.79 Å². The van der Waals surface area contributed by atoms with E-state index < -0.39 is 0 Å². The van der Waals surface area contributed by atoms with Crippen LogP contribution in [0.15, 0.2) is 12.7 Å². The van der Waals surface area contributed by atoms with E-state index >= 15 is 0 Å². The third kappa shape index (κ3) is 2.89. The summed E-state index contributed by atoms with van der Waals surface area (Å²) in [5.41, 5.74) is 0. The monoisotopic (exact) mass is 250 g/mol. The number of likely N-dealkylation sites (tertiary alicyclic amines) is 1. The van der Waals surface area contributed by atoms with Gasteiger partial charge in [-0.25, -0.2) is 9.67 Å². The van der Waals surface area contributed by atoms with E-state index in [1.807, 2.05) is 16.5 Å². The first-order valence-electron chi connectivity index (χ1n) is 6.85. The fourth-order valence-corrected chi connectivity index (χ4v) is 2.64. The van der Waals surface area contributed by atoms with Gasteiger partial charge in [0.25, 0.3) is 0 Å². The average Bonchev–Trinajstić information content (AvgIpc) is 2.92. The molecule has 100 valence electrons. The summed E-state index contributed by atoms with van der Waals surface area (Å²) in [4.78, 5) is 18.3. The molecule has 0 spiro atoms. The number of rotatable bonds is 4. The Hall–Kier alpha value is -1.39. The van der Waals surface area contributed by atoms with Crippen molar-refractivity contribution in [1.82, 2.24) is 19.7 Å². The molecule has 1 aromatic heterocycles. The van der Waals surface area contributed by atoms with Gasteiger partial charge in [-0.05, 0) is 19.3 Å². The van der Waals surface area contributed by atoms with Crippen LogP contribution in [0.4, 0.5) is 0 Å². The number of carbonyl (C=O) groups is 1. The number of hydrogen-bond donors (Lipinski definition) is 0. The van der Waals surface area contributed by atoms with Crippen molar-refractivity contribution in [3.8, 4) is 0 Å². The van der Waals surface area contributed by atoms with Crippen LogP contribution in [-0.4, -0.2) is 38.7 Å². The van der Waals surface area contributed by atoms with Gasteiger partial charge in [0.15, 0.2) is 0 Å². The van der Waals surface area contributed by atoms with E-state index in [1.165, 1.54) is 0 Å². The summed E-state index contributed by atoms with van der Waals surface area (Å²) < 4.78 is 1.88. The number of nitrogens with zero attached hydrogens (tertiary/aromatic N) is 4. The Bertz CT molecular complexity index is 376. The quantitative estimate of drug-likeness (QED) is 0.819. The molecule has 1 aliphatic rings. The zero-order valence-electron chi connectivity index (χ0n) is 11.2. The molecule has 2 atom stereocenters. The molecule has 0 bridgehead atoms. The molecule has 1 saturated heterocycles. The Kier molecular flexibility index (Phi) is 4.33. The molecule has 0 unspecified atom stereocenters. The van der Waals surface area contributed by atoms with Crippen molar-refractivity contribution in [3.05, 3.63) is 12.7 Å². The van der Waals surface area contributed by atoms with Gasteiger partial charge in [-0.15, -0.1) is 0 Å². The zero-order valence-corrected chi connectivity index (χ0v) is 11.2. The molecule has 0 saturated carbocycles. The third-order valence-electron chi connectivity index (χ3n) is 3.66. The van der Waals surface area contributed by atoms with E-state index in [4.69, 9.17) is 0 Å². The van der Waals surface area contributed by atoms with Gasteiger partial charge in [0.2, 0.25) is 5.91 Å². The fourth-order valence-electron chi connectivity index (χ4n) is 2.64. The number of piperidine rings is 1. The molecule has 0 radical (unpaired) electrons. The molecule has 2 rings (SSSR count). The van der Waals surface area contributed by atoms with Gasteiger partial charge in [-0.1, -0.05) is 20.3 Å². The maximum Gasteiger partial charge on any atom is 0.225 e. The molecule has 5 nitrogen and oxygen atoms in total. The lowest BCUT2D eigenvalue weighted by Crippen LogP contribution is -2.43. The smallest absolute Gasteiger partial charge is 0.225 e. The van der Waals surface area contributed by atoms with Gasteiger partial charge in [0.1, 0.15) is 12.7 Å². The minimum Gasteiger partial charge on any atom is -0.340 e. The number of amides is 1. The fraction of sp³-hybridized carbons (Fsp3) is 0.769. The Morgan fingerprint density at radius 2 is 2.39 bits per heavy atom. The zero-order chi connectivity index (χ0) is 13.0. The summed E-state index contributed by atoms with van der Waals surface area (Å²) >= 11 is 0. The summed E-state index contributed by atoms with van der Waals surface area (Å²) in [5.74, 6) is 0.436. The lowest BCUT2D eigenvalue weighted by molar-refractivity contribution is -0.137. The molecule has 1 aromatic rings. The lowest BCUT2D eigenvalue weighted by atomic mass is 10.0. The van der Waals surface area contributed by atoms with Crippen LogP contribution in [0.3, 0.4) is 0 Å². The van der Waals surface area contributed by atoms with Crippen molar-refractivity contribution in [2.75, 3.05) is 13.1 Å². The van der Waals surface area contributed by atoms with Gasteiger partial charge < -0.3 is 4.90 Å². The summed E-state index contributed by atoms with van der Waals surface area (Å²) in [7, 11) is 0. The van der Waals surface area contributed by atoms with Crippen molar-refractivity contribution in [3.63, 3.8) is 0 Å². The maximum atomic E-state index is 12.3. The van der Waals surface area contributed by atoms with Crippen LogP contribution < -0.4 is 0 Å². The van der Waals surface area contributed by atoms with Crippen LogP contribution in [0.2, 0.25) is 0 Å². The largest absolute Gasteiger partial charge is 0.340 e. The number of aromatic nitrogens is 3. The molecule has 1 fully saturated rings. The molecular weight excluding hydrogens is 228 g/mol. The highest BCUT2D eigenvalue weighted by Gasteiger charge is 2.27. The number of carbonyl (C=O) groups excluding carboxylic acids is 1. The summed E-state index contributed by atoms with van der Waals surface area (Å²) in [6, 6.07) is 0.291. The van der Waals surface area contributed by atoms with Gasteiger partial charge >= 0.3 is 0 Å². The Morgan fingerprint density at radius 1 is 1.56 bits per heavy atom. The van der Waals surface area contributed by atoms with E-state index in [9.17, 15) is 4.79 Å². The standard InChI is InChI=1S/C13H22N4O/c1-3-5-11(2)13(18)16-7-4-6-12(8-16)17-10-14-9-15-17/h9-12H,3-8H2,1-2H3/t11-,12-/m1/s1. The first kappa shape index (κ1) is 13.1. The third-order valence-corrected chi connectivity index (χ3v) is 3.66. The minimum absolute atomic E-state index is 0.143. The number of hydrogen-bond acceptors (Lipinski definition) is 3. The summed E-state index contributed by atoms with van der Waals surface area (Å²) in [6.07, 6.45) is 7.47. The second kappa shape index (κ2) is 5.98. The van der Waals surface area contributed by atoms with Crippen LogP contribution in [0.5, 0.6) is 0 Å². The summed E-state index contributed by atoms with van der Waals surface area (Å²) in [5, 5.41) is 4.18. The molecule has 5 heteroatoms. The van der Waals surface area contributed by atoms with Crippen molar-refractivity contribution in [1.29, 1.82) is 0 Å². The van der Waals surface area contributed by atoms with Crippen LogP contribution in [0.25, 0.3) is 0 Å². The normalized spacial score (nSPS) is 21.9. The second-order valence-electron chi connectivity index (χ2n) is 5.15. The van der Waals surface area contributed by atoms with E-state index in [1.54, 1.807) is 12.7 Å². The van der Waals surface area contributed by atoms with Crippen molar-refractivity contribution in [2.24, 2.45) is 5.92 Å². The first-order chi connectivity index (χ1) is 8.72. The topological polar surface area (TPSA) is 51.0 Å². The van der Waals surface area contributed by atoms with Crippen LogP contribution >= 0.6 is 0 Å². The van der Waals surface area contributed by atoms with E-state index in [0.717, 1.165) is 38.8 Å². The van der Waals surface area contributed by atoms with Crippen LogP contribution in [0.1, 0.15) is 45.6 Å². The van der Waals surface area contributed by atoms with Gasteiger partial charge in [0.05, 0.1) is 6.04 Å². The van der Waals surface area contributed by atoms with Crippen molar-refractivity contribution >= 4 is 5.91 Å². The molecule has 0 aromatic carbocycles. The molecule has 1 amide bonds. The Morgan fingerprint density at radius 3 is 3.06 bits per heavy atom. The van der Waals surface area contributed by atoms with E-state index in [0.29, 0.717) is 11.9 Å². The molecule has 0 aliphatic carbocycles. The lowest BCUT2D eigenvalue weighted by Gasteiger charge is -2.34. The second-order valence-corrected chi connectivity index (χ2v) is 5.15. The first-order valence-corrected chi connectivity index (χ1v) is 6.85. The molecular formula is C13H22N4O. The van der Waals surface area contributed by atoms with Crippen molar-refractivity contribution in [2.45, 2.75) is 45.6 Å². The highest BCUT2D eigenvalue weighted by Crippen LogP contribution is 2.22. The average molecular weight is 250 g/mol. The molecule has 1 aliphatic heterocycles. The molecule has 18 heavy (non-hydrogen) atoms. The van der Waals surface area contributed by atoms with Crippen LogP contribution in [0, 0.1) is 5.92 Å². The van der Waals surface area contributed by atoms with E-state index in [-0.39, 0.29) is 5.92 Å².